The van der Waals surface area contributed by atoms with E-state index >= 15 is 0 Å². The molecule has 1 aliphatic heterocycles. The van der Waals surface area contributed by atoms with Crippen LogP contribution in [-0.2, 0) is 16.1 Å². The van der Waals surface area contributed by atoms with Gasteiger partial charge in [-0.25, -0.2) is 5.01 Å². The van der Waals surface area contributed by atoms with Gasteiger partial charge in [0.25, 0.3) is 23.4 Å². The smallest absolute Gasteiger partial charge is 0.272 e. The summed E-state index contributed by atoms with van der Waals surface area (Å²) in [5.74, 6) is -2.98. The second-order valence-corrected chi connectivity index (χ2v) is 11.8. The lowest BCUT2D eigenvalue weighted by atomic mass is 9.81. The molecule has 0 aromatic heterocycles. The molecule has 2 bridgehead atoms. The fraction of sp³-hybridized carbons (Fsp3) is 0.348. The topological polar surface area (TPSA) is 101 Å². The standard InChI is InChI=1S/C23H17Br2Cl2N3O5/c24-19-12-8-13(20(19)25)18-17(12)22(32)29(23(18)33)28(9-10-5-6-14(26)15(27)7-10)21(31)11-3-1-2-4-16(11)30(34)35/h1-7,12-13,17-20H,8-9H2/t12-,13-,17-,18+,19+,20+/m1/s1. The molecule has 182 valence electrons. The molecule has 1 saturated heterocycles. The van der Waals surface area contributed by atoms with Gasteiger partial charge in [0.2, 0.25) is 0 Å². The molecule has 0 unspecified atom stereocenters. The highest BCUT2D eigenvalue weighted by Gasteiger charge is 2.67. The van der Waals surface area contributed by atoms with Crippen molar-refractivity contribution in [3.63, 3.8) is 0 Å². The zero-order valence-electron chi connectivity index (χ0n) is 17.8. The van der Waals surface area contributed by atoms with Crippen LogP contribution >= 0.6 is 55.1 Å². The van der Waals surface area contributed by atoms with Crippen LogP contribution < -0.4 is 0 Å². The van der Waals surface area contributed by atoms with E-state index in [9.17, 15) is 24.5 Å². The van der Waals surface area contributed by atoms with Crippen LogP contribution in [0.1, 0.15) is 22.3 Å². The third kappa shape index (κ3) is 3.89. The Morgan fingerprint density at radius 3 is 2.20 bits per heavy atom. The summed E-state index contributed by atoms with van der Waals surface area (Å²) in [6.07, 6.45) is 0.734. The molecule has 3 fully saturated rings. The van der Waals surface area contributed by atoms with E-state index in [-0.39, 0.29) is 38.6 Å². The van der Waals surface area contributed by atoms with E-state index in [2.05, 4.69) is 31.9 Å². The summed E-state index contributed by atoms with van der Waals surface area (Å²) in [5.41, 5.74) is -0.143. The Hall–Kier alpha value is -2.01. The molecule has 6 atom stereocenters. The lowest BCUT2D eigenvalue weighted by Crippen LogP contribution is -2.50. The predicted octanol–water partition coefficient (Wildman–Crippen LogP) is 5.24. The first-order chi connectivity index (χ1) is 16.6. The summed E-state index contributed by atoms with van der Waals surface area (Å²) in [6, 6.07) is 10.1. The van der Waals surface area contributed by atoms with Crippen molar-refractivity contribution in [3.8, 4) is 0 Å². The van der Waals surface area contributed by atoms with E-state index in [0.717, 1.165) is 16.4 Å². The predicted molar refractivity (Wildman–Crippen MR) is 135 cm³/mol. The van der Waals surface area contributed by atoms with Crippen molar-refractivity contribution in [2.24, 2.45) is 23.7 Å². The van der Waals surface area contributed by atoms with Gasteiger partial charge in [-0.15, -0.1) is 0 Å². The molecule has 2 aliphatic carbocycles. The van der Waals surface area contributed by atoms with Gasteiger partial charge >= 0.3 is 0 Å². The largest absolute Gasteiger partial charge is 0.282 e. The van der Waals surface area contributed by atoms with Gasteiger partial charge in [0.1, 0.15) is 5.56 Å². The minimum atomic E-state index is -0.830. The van der Waals surface area contributed by atoms with Gasteiger partial charge in [-0.2, -0.15) is 5.01 Å². The highest BCUT2D eigenvalue weighted by molar-refractivity contribution is 9.12. The van der Waals surface area contributed by atoms with Gasteiger partial charge in [0.15, 0.2) is 0 Å². The van der Waals surface area contributed by atoms with Crippen molar-refractivity contribution in [1.82, 2.24) is 10.0 Å². The number of nitro benzene ring substituents is 1. The number of para-hydroxylation sites is 1. The van der Waals surface area contributed by atoms with Crippen molar-refractivity contribution in [1.29, 1.82) is 0 Å². The van der Waals surface area contributed by atoms with Crippen molar-refractivity contribution in [2.45, 2.75) is 22.6 Å². The van der Waals surface area contributed by atoms with Crippen molar-refractivity contribution in [3.05, 3.63) is 73.8 Å². The average molecular weight is 646 g/mol. The van der Waals surface area contributed by atoms with E-state index in [1.54, 1.807) is 12.1 Å². The van der Waals surface area contributed by atoms with E-state index in [1.165, 1.54) is 30.3 Å². The molecule has 0 N–H and O–H groups in total. The van der Waals surface area contributed by atoms with Crippen LogP contribution in [0.3, 0.4) is 0 Å². The molecule has 3 amide bonds. The number of fused-ring (bicyclic) bond motifs is 5. The molecule has 1 heterocycles. The lowest BCUT2D eigenvalue weighted by molar-refractivity contribution is -0.385. The Kier molecular flexibility index (Phi) is 6.44. The Balaban J connectivity index is 1.57. The van der Waals surface area contributed by atoms with Crippen LogP contribution in [-0.4, -0.2) is 42.3 Å². The maximum absolute atomic E-state index is 13.7. The molecular formula is C23H17Br2Cl2N3O5. The summed E-state index contributed by atoms with van der Waals surface area (Å²) in [5, 5.41) is 14.0. The maximum Gasteiger partial charge on any atom is 0.282 e. The van der Waals surface area contributed by atoms with Crippen LogP contribution in [0, 0.1) is 33.8 Å². The van der Waals surface area contributed by atoms with Gasteiger partial charge in [0, 0.05) is 15.7 Å². The number of nitrogens with zero attached hydrogens (tertiary/aromatic N) is 3. The Morgan fingerprint density at radius 2 is 1.63 bits per heavy atom. The number of carbonyl (C=O) groups is 3. The summed E-state index contributed by atoms with van der Waals surface area (Å²) < 4.78 is 0. The molecule has 0 spiro atoms. The Morgan fingerprint density at radius 1 is 1.03 bits per heavy atom. The third-order valence-electron chi connectivity index (χ3n) is 7.09. The monoisotopic (exact) mass is 643 g/mol. The first kappa shape index (κ1) is 24.7. The van der Waals surface area contributed by atoms with Crippen LogP contribution in [0.25, 0.3) is 0 Å². The number of rotatable bonds is 5. The van der Waals surface area contributed by atoms with Crippen LogP contribution in [0.4, 0.5) is 5.69 Å². The minimum Gasteiger partial charge on any atom is -0.272 e. The fourth-order valence-electron chi connectivity index (χ4n) is 5.57. The molecule has 8 nitrogen and oxygen atoms in total. The van der Waals surface area contributed by atoms with Crippen LogP contribution in [0.2, 0.25) is 10.0 Å². The number of hydrogen-bond donors (Lipinski definition) is 0. The number of halogens is 4. The molecular weight excluding hydrogens is 629 g/mol. The zero-order chi connectivity index (χ0) is 25.2. The number of carbonyl (C=O) groups excluding carboxylic acids is 3. The molecule has 3 aliphatic rings. The SMILES string of the molecule is O=C(c1ccccc1[N+](=O)[O-])N(Cc1ccc(Cl)c(Cl)c1)N1C(=O)[C@@H]2[C@H]3C[C@@H]([C@H](Br)[C@H]3Br)[C@@H]2C1=O. The normalized spacial score (nSPS) is 29.0. The van der Waals surface area contributed by atoms with Crippen LogP contribution in [0.15, 0.2) is 42.5 Å². The first-order valence-corrected chi connectivity index (χ1v) is 13.4. The number of hydrazine groups is 1. The van der Waals surface area contributed by atoms with Gasteiger partial charge < -0.3 is 0 Å². The number of benzene rings is 2. The fourth-order valence-corrected chi connectivity index (χ4v) is 7.76. The Labute approximate surface area is 226 Å². The van der Waals surface area contributed by atoms with Crippen LogP contribution in [0.5, 0.6) is 0 Å². The summed E-state index contributed by atoms with van der Waals surface area (Å²) in [4.78, 5) is 52.0. The zero-order valence-corrected chi connectivity index (χ0v) is 22.5. The van der Waals surface area contributed by atoms with E-state index in [4.69, 9.17) is 23.2 Å². The maximum atomic E-state index is 13.7. The number of hydrogen-bond acceptors (Lipinski definition) is 5. The Bertz CT molecular complexity index is 1250. The molecule has 5 rings (SSSR count). The van der Waals surface area contributed by atoms with E-state index < -0.39 is 40.2 Å². The van der Waals surface area contributed by atoms with Crippen molar-refractivity contribution >= 4 is 78.5 Å². The molecule has 0 radical (unpaired) electrons. The van der Waals surface area contributed by atoms with Gasteiger partial charge in [-0.05, 0) is 42.0 Å². The summed E-state index contributed by atoms with van der Waals surface area (Å²) >= 11 is 19.5. The number of nitro groups is 1. The summed E-state index contributed by atoms with van der Waals surface area (Å²) in [7, 11) is 0. The van der Waals surface area contributed by atoms with Gasteiger partial charge in [-0.3, -0.25) is 24.5 Å². The second-order valence-electron chi connectivity index (χ2n) is 8.88. The first-order valence-electron chi connectivity index (χ1n) is 10.8. The highest BCUT2D eigenvalue weighted by atomic mass is 79.9. The van der Waals surface area contributed by atoms with Gasteiger partial charge in [-0.1, -0.05) is 73.3 Å². The molecule has 2 aromatic carbocycles. The minimum absolute atomic E-state index is 0.0277. The highest BCUT2D eigenvalue weighted by Crippen LogP contribution is 2.60. The van der Waals surface area contributed by atoms with E-state index in [0.29, 0.717) is 10.6 Å². The van der Waals surface area contributed by atoms with E-state index in [1.807, 2.05) is 0 Å². The molecule has 12 heteroatoms. The summed E-state index contributed by atoms with van der Waals surface area (Å²) in [6.45, 7) is -0.205. The molecule has 2 saturated carbocycles. The average Bonchev–Trinajstić information content (AvgIpc) is 3.44. The van der Waals surface area contributed by atoms with Gasteiger partial charge in [0.05, 0.1) is 33.3 Å². The quantitative estimate of drug-likeness (QED) is 0.192. The molecule has 2 aromatic rings. The third-order valence-corrected chi connectivity index (χ3v) is 11.0. The second kappa shape index (κ2) is 9.14. The number of amides is 3. The lowest BCUT2D eigenvalue weighted by Gasteiger charge is -2.31. The molecule has 35 heavy (non-hydrogen) atoms. The number of alkyl halides is 2. The van der Waals surface area contributed by atoms with Crippen molar-refractivity contribution in [2.75, 3.05) is 0 Å². The number of imide groups is 1. The van der Waals surface area contributed by atoms with Crippen molar-refractivity contribution < 1.29 is 19.3 Å².